The lowest BCUT2D eigenvalue weighted by Gasteiger charge is -2.49. The predicted molar refractivity (Wildman–Crippen MR) is 80.7 cm³/mol. The highest BCUT2D eigenvalue weighted by atomic mass is 16.2. The molecule has 3 atom stereocenters. The van der Waals surface area contributed by atoms with E-state index in [9.17, 15) is 9.59 Å². The first-order chi connectivity index (χ1) is 10.0. The van der Waals surface area contributed by atoms with Crippen LogP contribution in [0.2, 0.25) is 0 Å². The molecule has 5 nitrogen and oxygen atoms in total. The van der Waals surface area contributed by atoms with Crippen LogP contribution >= 0.6 is 0 Å². The first-order valence-corrected chi connectivity index (χ1v) is 8.32. The molecule has 0 aromatic rings. The predicted octanol–water partition coefficient (Wildman–Crippen LogP) is 0.938. The van der Waals surface area contributed by atoms with Gasteiger partial charge < -0.3 is 14.7 Å². The fourth-order valence-corrected chi connectivity index (χ4v) is 4.26. The number of piperidine rings is 1. The quantitative estimate of drug-likeness (QED) is 0.761. The van der Waals surface area contributed by atoms with Gasteiger partial charge in [-0.2, -0.15) is 0 Å². The van der Waals surface area contributed by atoms with Crippen LogP contribution in [0.25, 0.3) is 0 Å². The average molecular weight is 293 g/mol. The standard InChI is InChI=1S/C16H27N3O2/c1-11(2)14-16(21)18-9-5-7-13(18)15(20)19(14)12-6-4-8-17(3)10-12/h11-14H,4-10H2,1-3H3. The van der Waals surface area contributed by atoms with E-state index in [-0.39, 0.29) is 35.9 Å². The molecule has 3 aliphatic heterocycles. The molecule has 3 aliphatic rings. The van der Waals surface area contributed by atoms with Crippen molar-refractivity contribution in [3.05, 3.63) is 0 Å². The number of hydrogen-bond donors (Lipinski definition) is 0. The van der Waals surface area contributed by atoms with Crippen molar-refractivity contribution in [2.75, 3.05) is 26.7 Å². The molecule has 2 amide bonds. The Morgan fingerprint density at radius 2 is 1.76 bits per heavy atom. The third-order valence-electron chi connectivity index (χ3n) is 5.25. The van der Waals surface area contributed by atoms with Gasteiger partial charge in [-0.3, -0.25) is 9.59 Å². The lowest BCUT2D eigenvalue weighted by atomic mass is 9.91. The highest BCUT2D eigenvalue weighted by molar-refractivity contribution is 5.97. The van der Waals surface area contributed by atoms with Crippen LogP contribution in [0.15, 0.2) is 0 Å². The Bertz CT molecular complexity index is 437. The van der Waals surface area contributed by atoms with Crippen LogP contribution in [0, 0.1) is 5.92 Å². The van der Waals surface area contributed by atoms with Gasteiger partial charge in [-0.25, -0.2) is 0 Å². The van der Waals surface area contributed by atoms with Gasteiger partial charge in [0.1, 0.15) is 12.1 Å². The van der Waals surface area contributed by atoms with Crippen LogP contribution < -0.4 is 0 Å². The summed E-state index contributed by atoms with van der Waals surface area (Å²) in [5.74, 6) is 0.557. The normalized spacial score (nSPS) is 34.8. The maximum absolute atomic E-state index is 13.0. The number of piperazine rings is 1. The van der Waals surface area contributed by atoms with Crippen molar-refractivity contribution in [1.82, 2.24) is 14.7 Å². The number of amides is 2. The molecule has 3 rings (SSSR count). The Morgan fingerprint density at radius 1 is 1.05 bits per heavy atom. The van der Waals surface area contributed by atoms with Crippen LogP contribution in [-0.4, -0.2) is 71.3 Å². The molecular formula is C16H27N3O2. The van der Waals surface area contributed by atoms with E-state index in [1.807, 2.05) is 9.80 Å². The minimum absolute atomic E-state index is 0.176. The summed E-state index contributed by atoms with van der Waals surface area (Å²) in [4.78, 5) is 31.9. The van der Waals surface area contributed by atoms with E-state index in [0.29, 0.717) is 0 Å². The zero-order chi connectivity index (χ0) is 15.1. The lowest BCUT2D eigenvalue weighted by molar-refractivity contribution is -0.165. The number of fused-ring (bicyclic) bond motifs is 1. The van der Waals surface area contributed by atoms with Gasteiger partial charge in [0.15, 0.2) is 0 Å². The van der Waals surface area contributed by atoms with Crippen LogP contribution in [0.5, 0.6) is 0 Å². The van der Waals surface area contributed by atoms with E-state index in [4.69, 9.17) is 0 Å². The summed E-state index contributed by atoms with van der Waals surface area (Å²) in [6.45, 7) is 6.87. The molecule has 21 heavy (non-hydrogen) atoms. The van der Waals surface area contributed by atoms with E-state index in [0.717, 1.165) is 45.3 Å². The number of carbonyl (C=O) groups is 2. The fraction of sp³-hybridized carbons (Fsp3) is 0.875. The van der Waals surface area contributed by atoms with Crippen molar-refractivity contribution in [3.8, 4) is 0 Å². The molecule has 0 radical (unpaired) electrons. The van der Waals surface area contributed by atoms with Crippen molar-refractivity contribution < 1.29 is 9.59 Å². The Labute approximate surface area is 127 Å². The first-order valence-electron chi connectivity index (χ1n) is 8.32. The number of likely N-dealkylation sites (tertiary alicyclic amines) is 1. The second-order valence-electron chi connectivity index (χ2n) is 7.18. The summed E-state index contributed by atoms with van der Waals surface area (Å²) in [7, 11) is 2.11. The second-order valence-corrected chi connectivity index (χ2v) is 7.18. The Morgan fingerprint density at radius 3 is 2.43 bits per heavy atom. The van der Waals surface area contributed by atoms with Gasteiger partial charge in [-0.15, -0.1) is 0 Å². The fourth-order valence-electron chi connectivity index (χ4n) is 4.26. The van der Waals surface area contributed by atoms with Crippen molar-refractivity contribution in [2.45, 2.75) is 57.7 Å². The largest absolute Gasteiger partial charge is 0.329 e. The number of likely N-dealkylation sites (N-methyl/N-ethyl adjacent to an activating group) is 1. The van der Waals surface area contributed by atoms with Gasteiger partial charge in [-0.1, -0.05) is 13.8 Å². The molecule has 0 spiro atoms. The second kappa shape index (κ2) is 5.59. The summed E-state index contributed by atoms with van der Waals surface area (Å²) in [5.41, 5.74) is 0. The highest BCUT2D eigenvalue weighted by Crippen LogP contribution is 2.32. The molecule has 0 saturated carbocycles. The molecule has 3 heterocycles. The Hall–Kier alpha value is -1.10. The van der Waals surface area contributed by atoms with Crippen LogP contribution in [0.1, 0.15) is 39.5 Å². The average Bonchev–Trinajstić information content (AvgIpc) is 2.92. The number of carbonyl (C=O) groups excluding carboxylic acids is 2. The van der Waals surface area contributed by atoms with Gasteiger partial charge >= 0.3 is 0 Å². The van der Waals surface area contributed by atoms with E-state index in [1.54, 1.807) is 0 Å². The van der Waals surface area contributed by atoms with Crippen molar-refractivity contribution in [1.29, 1.82) is 0 Å². The Kier molecular flexibility index (Phi) is 3.95. The SMILES string of the molecule is CC(C)C1C(=O)N2CCCC2C(=O)N1C1CCCN(C)C1. The minimum atomic E-state index is -0.261. The topological polar surface area (TPSA) is 43.9 Å². The third-order valence-corrected chi connectivity index (χ3v) is 5.25. The summed E-state index contributed by atoms with van der Waals surface area (Å²) in [6, 6.07) is -0.238. The van der Waals surface area contributed by atoms with E-state index < -0.39 is 0 Å². The molecule has 3 unspecified atom stereocenters. The van der Waals surface area contributed by atoms with E-state index >= 15 is 0 Å². The van der Waals surface area contributed by atoms with Gasteiger partial charge in [0.05, 0.1) is 0 Å². The molecule has 0 aliphatic carbocycles. The summed E-state index contributed by atoms with van der Waals surface area (Å²) < 4.78 is 0. The van der Waals surface area contributed by atoms with Crippen molar-refractivity contribution in [3.63, 3.8) is 0 Å². The number of hydrogen-bond acceptors (Lipinski definition) is 3. The van der Waals surface area contributed by atoms with Gasteiger partial charge in [0.25, 0.3) is 0 Å². The van der Waals surface area contributed by atoms with Crippen LogP contribution in [-0.2, 0) is 9.59 Å². The molecule has 0 bridgehead atoms. The Balaban J connectivity index is 1.90. The molecule has 5 heteroatoms. The molecule has 118 valence electrons. The summed E-state index contributed by atoms with van der Waals surface area (Å²) in [5, 5.41) is 0. The molecule has 3 fully saturated rings. The molecule has 3 saturated heterocycles. The zero-order valence-electron chi connectivity index (χ0n) is 13.4. The van der Waals surface area contributed by atoms with Crippen molar-refractivity contribution >= 4 is 11.8 Å². The zero-order valence-corrected chi connectivity index (χ0v) is 13.4. The maximum atomic E-state index is 13.0. The minimum Gasteiger partial charge on any atom is -0.329 e. The van der Waals surface area contributed by atoms with Crippen LogP contribution in [0.4, 0.5) is 0 Å². The number of nitrogens with zero attached hydrogens (tertiary/aromatic N) is 3. The monoisotopic (exact) mass is 293 g/mol. The van der Waals surface area contributed by atoms with Crippen LogP contribution in [0.3, 0.4) is 0 Å². The third kappa shape index (κ3) is 2.45. The summed E-state index contributed by atoms with van der Waals surface area (Å²) in [6.07, 6.45) is 3.94. The van der Waals surface area contributed by atoms with Gasteiger partial charge in [0, 0.05) is 19.1 Å². The molecule has 0 N–H and O–H groups in total. The summed E-state index contributed by atoms with van der Waals surface area (Å²) >= 11 is 0. The van der Waals surface area contributed by atoms with E-state index in [2.05, 4.69) is 25.8 Å². The van der Waals surface area contributed by atoms with Gasteiger partial charge in [-0.05, 0) is 45.2 Å². The van der Waals surface area contributed by atoms with Crippen molar-refractivity contribution in [2.24, 2.45) is 5.92 Å². The smallest absolute Gasteiger partial charge is 0.246 e. The molecule has 0 aromatic carbocycles. The van der Waals surface area contributed by atoms with E-state index in [1.165, 1.54) is 0 Å². The van der Waals surface area contributed by atoms with Gasteiger partial charge in [0.2, 0.25) is 11.8 Å². The molecular weight excluding hydrogens is 266 g/mol. The molecule has 0 aromatic heterocycles. The number of rotatable bonds is 2. The lowest BCUT2D eigenvalue weighted by Crippen LogP contribution is -2.68. The first kappa shape index (κ1) is 14.8. The maximum Gasteiger partial charge on any atom is 0.246 e. The highest BCUT2D eigenvalue weighted by Gasteiger charge is 2.50.